The molecular formula is C21H35IN6OS. The van der Waals surface area contributed by atoms with Crippen LogP contribution in [0.5, 0.6) is 0 Å². The fraction of sp³-hybridized carbons (Fsp3) is 0.571. The van der Waals surface area contributed by atoms with Crippen LogP contribution < -0.4 is 5.32 Å². The molecule has 0 saturated carbocycles. The highest BCUT2D eigenvalue weighted by molar-refractivity contribution is 14.0. The largest absolute Gasteiger partial charge is 0.382 e. The molecule has 1 aromatic carbocycles. The predicted octanol–water partition coefficient (Wildman–Crippen LogP) is 3.68. The summed E-state index contributed by atoms with van der Waals surface area (Å²) >= 11 is 1.76. The molecule has 0 amide bonds. The highest BCUT2D eigenvalue weighted by Gasteiger charge is 2.08. The average molecular weight is 547 g/mol. The maximum absolute atomic E-state index is 5.43. The van der Waals surface area contributed by atoms with E-state index in [4.69, 9.17) is 9.73 Å². The van der Waals surface area contributed by atoms with Gasteiger partial charge in [0.25, 0.3) is 0 Å². The molecule has 7 nitrogen and oxygen atoms in total. The maximum atomic E-state index is 5.43. The van der Waals surface area contributed by atoms with E-state index < -0.39 is 0 Å². The third-order valence-corrected chi connectivity index (χ3v) is 5.24. The number of benzene rings is 1. The second kappa shape index (κ2) is 15.5. The number of guanidine groups is 1. The molecule has 2 aromatic rings. The van der Waals surface area contributed by atoms with E-state index in [1.807, 2.05) is 6.92 Å². The Labute approximate surface area is 202 Å². The van der Waals surface area contributed by atoms with Gasteiger partial charge in [0.1, 0.15) is 12.2 Å². The van der Waals surface area contributed by atoms with Crippen LogP contribution in [0, 0.1) is 0 Å². The van der Waals surface area contributed by atoms with Crippen molar-refractivity contribution in [3.63, 3.8) is 0 Å². The molecule has 0 unspecified atom stereocenters. The lowest BCUT2D eigenvalue weighted by atomic mass is 10.2. The lowest BCUT2D eigenvalue weighted by Gasteiger charge is -2.23. The molecule has 0 aliphatic rings. The molecule has 0 atom stereocenters. The van der Waals surface area contributed by atoms with Crippen LogP contribution >= 0.6 is 35.7 Å². The minimum absolute atomic E-state index is 0. The van der Waals surface area contributed by atoms with Crippen LogP contribution in [0.1, 0.15) is 31.7 Å². The smallest absolute Gasteiger partial charge is 0.194 e. The standard InChI is InChI=1S/C21H34N6OS.HI/c1-5-20-25-24-17-27(20)14-13-23-21(22-12-7-15-28-6-2)26(3)16-18-8-10-19(29-4)11-9-18;/h8-11,17H,5-7,12-16H2,1-4H3,(H,22,23);1H. The summed E-state index contributed by atoms with van der Waals surface area (Å²) in [4.78, 5) is 8.24. The van der Waals surface area contributed by atoms with Gasteiger partial charge in [-0.3, -0.25) is 4.99 Å². The van der Waals surface area contributed by atoms with Crippen molar-refractivity contribution in [2.45, 2.75) is 44.7 Å². The van der Waals surface area contributed by atoms with Crippen molar-refractivity contribution in [2.75, 3.05) is 39.6 Å². The van der Waals surface area contributed by atoms with Crippen LogP contribution in [0.2, 0.25) is 0 Å². The van der Waals surface area contributed by atoms with Gasteiger partial charge in [-0.1, -0.05) is 19.1 Å². The Hall–Kier alpha value is -1.33. The van der Waals surface area contributed by atoms with Crippen LogP contribution in [0.4, 0.5) is 0 Å². The minimum atomic E-state index is 0. The van der Waals surface area contributed by atoms with Crippen LogP contribution in [0.3, 0.4) is 0 Å². The zero-order valence-corrected chi connectivity index (χ0v) is 21.7. The van der Waals surface area contributed by atoms with Gasteiger partial charge in [0.2, 0.25) is 0 Å². The van der Waals surface area contributed by atoms with E-state index in [-0.39, 0.29) is 24.0 Å². The van der Waals surface area contributed by atoms with Crippen molar-refractivity contribution in [3.05, 3.63) is 42.0 Å². The number of rotatable bonds is 12. The molecule has 1 N–H and O–H groups in total. The van der Waals surface area contributed by atoms with E-state index >= 15 is 0 Å². The topological polar surface area (TPSA) is 67.6 Å². The third-order valence-electron chi connectivity index (χ3n) is 4.50. The SMILES string of the molecule is CCOCCCN=C(NCCn1cnnc1CC)N(C)Cc1ccc(SC)cc1.I. The average Bonchev–Trinajstić information content (AvgIpc) is 3.20. The molecule has 0 fully saturated rings. The Kier molecular flexibility index (Phi) is 13.8. The number of nitrogens with one attached hydrogen (secondary N) is 1. The highest BCUT2D eigenvalue weighted by Crippen LogP contribution is 2.15. The number of ether oxygens (including phenoxy) is 1. The van der Waals surface area contributed by atoms with Gasteiger partial charge in [0, 0.05) is 57.8 Å². The van der Waals surface area contributed by atoms with Crippen LogP contribution in [-0.2, 0) is 24.2 Å². The van der Waals surface area contributed by atoms with E-state index in [0.717, 1.165) is 64.0 Å². The van der Waals surface area contributed by atoms with E-state index in [9.17, 15) is 0 Å². The number of nitrogens with zero attached hydrogens (tertiary/aromatic N) is 5. The summed E-state index contributed by atoms with van der Waals surface area (Å²) in [5.74, 6) is 1.91. The number of aliphatic imine (C=N–C) groups is 1. The van der Waals surface area contributed by atoms with Gasteiger partial charge >= 0.3 is 0 Å². The van der Waals surface area contributed by atoms with E-state index in [1.165, 1.54) is 10.5 Å². The molecule has 0 spiro atoms. The Morgan fingerprint density at radius 3 is 2.70 bits per heavy atom. The first-order valence-corrected chi connectivity index (χ1v) is 11.5. The first-order chi connectivity index (χ1) is 14.2. The molecule has 2 rings (SSSR count). The summed E-state index contributed by atoms with van der Waals surface area (Å²) < 4.78 is 7.51. The summed E-state index contributed by atoms with van der Waals surface area (Å²) in [5, 5.41) is 11.6. The molecule has 1 heterocycles. The van der Waals surface area contributed by atoms with Crippen LogP contribution in [0.25, 0.3) is 0 Å². The lowest BCUT2D eigenvalue weighted by molar-refractivity contribution is 0.146. The van der Waals surface area contributed by atoms with Gasteiger partial charge in [-0.05, 0) is 37.3 Å². The number of aromatic nitrogens is 3. The molecule has 0 saturated heterocycles. The maximum Gasteiger partial charge on any atom is 0.194 e. The number of halogens is 1. The summed E-state index contributed by atoms with van der Waals surface area (Å²) in [6.07, 6.45) is 5.68. The Balaban J connectivity index is 0.00000450. The summed E-state index contributed by atoms with van der Waals surface area (Å²) in [7, 11) is 2.08. The van der Waals surface area contributed by atoms with Gasteiger partial charge in [0.15, 0.2) is 5.96 Å². The summed E-state index contributed by atoms with van der Waals surface area (Å²) in [6, 6.07) is 8.69. The van der Waals surface area contributed by atoms with Gasteiger partial charge in [0.05, 0.1) is 0 Å². The van der Waals surface area contributed by atoms with Gasteiger partial charge in [-0.2, -0.15) is 0 Å². The van der Waals surface area contributed by atoms with Gasteiger partial charge in [-0.25, -0.2) is 0 Å². The van der Waals surface area contributed by atoms with Crippen molar-refractivity contribution in [3.8, 4) is 0 Å². The highest BCUT2D eigenvalue weighted by atomic mass is 127. The quantitative estimate of drug-likeness (QED) is 0.144. The Morgan fingerprint density at radius 2 is 2.03 bits per heavy atom. The molecule has 30 heavy (non-hydrogen) atoms. The molecule has 0 bridgehead atoms. The van der Waals surface area contributed by atoms with Crippen LogP contribution in [-0.4, -0.2) is 65.2 Å². The second-order valence-corrected chi connectivity index (χ2v) is 7.56. The molecule has 0 aliphatic heterocycles. The molecule has 1 aromatic heterocycles. The van der Waals surface area contributed by atoms with E-state index in [1.54, 1.807) is 18.1 Å². The second-order valence-electron chi connectivity index (χ2n) is 6.68. The zero-order chi connectivity index (χ0) is 20.9. The first kappa shape index (κ1) is 26.7. The minimum Gasteiger partial charge on any atom is -0.382 e. The van der Waals surface area contributed by atoms with Crippen molar-refractivity contribution in [1.82, 2.24) is 25.0 Å². The van der Waals surface area contributed by atoms with Gasteiger partial charge < -0.3 is 19.5 Å². The van der Waals surface area contributed by atoms with E-state index in [2.05, 4.69) is 69.5 Å². The third kappa shape index (κ3) is 9.22. The predicted molar refractivity (Wildman–Crippen MR) is 136 cm³/mol. The fourth-order valence-electron chi connectivity index (χ4n) is 2.91. The van der Waals surface area contributed by atoms with Crippen molar-refractivity contribution in [2.24, 2.45) is 4.99 Å². The van der Waals surface area contributed by atoms with Crippen LogP contribution in [0.15, 0.2) is 40.5 Å². The lowest BCUT2D eigenvalue weighted by Crippen LogP contribution is -2.40. The number of hydrogen-bond acceptors (Lipinski definition) is 5. The normalized spacial score (nSPS) is 11.3. The first-order valence-electron chi connectivity index (χ1n) is 10.2. The summed E-state index contributed by atoms with van der Waals surface area (Å²) in [6.45, 7) is 8.73. The molecule has 9 heteroatoms. The number of aryl methyl sites for hydroxylation is 1. The number of thioether (sulfide) groups is 1. The Morgan fingerprint density at radius 1 is 1.27 bits per heavy atom. The molecular weight excluding hydrogens is 511 g/mol. The molecule has 0 radical (unpaired) electrons. The Bertz CT molecular complexity index is 737. The van der Waals surface area contributed by atoms with Crippen molar-refractivity contribution in [1.29, 1.82) is 0 Å². The monoisotopic (exact) mass is 546 g/mol. The van der Waals surface area contributed by atoms with Crippen molar-refractivity contribution < 1.29 is 4.74 Å². The molecule has 168 valence electrons. The van der Waals surface area contributed by atoms with Gasteiger partial charge in [-0.15, -0.1) is 45.9 Å². The molecule has 0 aliphatic carbocycles. The van der Waals surface area contributed by atoms with E-state index in [0.29, 0.717) is 0 Å². The number of hydrogen-bond donors (Lipinski definition) is 1. The zero-order valence-electron chi connectivity index (χ0n) is 18.5. The van der Waals surface area contributed by atoms with Crippen molar-refractivity contribution >= 4 is 41.7 Å². The fourth-order valence-corrected chi connectivity index (χ4v) is 3.32. The summed E-state index contributed by atoms with van der Waals surface area (Å²) in [5.41, 5.74) is 1.26.